The van der Waals surface area contributed by atoms with Crippen LogP contribution in [0.3, 0.4) is 0 Å². The van der Waals surface area contributed by atoms with Crippen LogP contribution in [0.2, 0.25) is 0 Å². The molecule has 1 aliphatic heterocycles. The van der Waals surface area contributed by atoms with Gasteiger partial charge in [0.25, 0.3) is 10.0 Å². The molecular weight excluding hydrogens is 392 g/mol. The number of hydrogen-bond acceptors (Lipinski definition) is 3. The van der Waals surface area contributed by atoms with Crippen LogP contribution in [0, 0.1) is 20.8 Å². The Kier molecular flexibility index (Phi) is 5.56. The highest BCUT2D eigenvalue weighted by molar-refractivity contribution is 7.92. The van der Waals surface area contributed by atoms with Gasteiger partial charge in [-0.2, -0.15) is 0 Å². The van der Waals surface area contributed by atoms with Crippen LogP contribution >= 0.6 is 0 Å². The second kappa shape index (κ2) is 8.15. The van der Waals surface area contributed by atoms with Crippen molar-refractivity contribution in [1.82, 2.24) is 0 Å². The highest BCUT2D eigenvalue weighted by Crippen LogP contribution is 2.36. The van der Waals surface area contributed by atoms with Crippen molar-refractivity contribution in [3.05, 3.63) is 77.4 Å². The highest BCUT2D eigenvalue weighted by Gasteiger charge is 2.23. The maximum atomic E-state index is 13.1. The van der Waals surface area contributed by atoms with Crippen LogP contribution in [0.25, 0.3) is 11.1 Å². The first-order valence-corrected chi connectivity index (χ1v) is 11.9. The number of sulfonamides is 1. The van der Waals surface area contributed by atoms with Crippen molar-refractivity contribution in [3.63, 3.8) is 0 Å². The summed E-state index contributed by atoms with van der Waals surface area (Å²) in [6, 6.07) is 19.1. The number of anilines is 2. The van der Waals surface area contributed by atoms with Crippen molar-refractivity contribution in [2.75, 3.05) is 22.7 Å². The Balaban J connectivity index is 1.66. The summed E-state index contributed by atoms with van der Waals surface area (Å²) < 4.78 is 29.2. The van der Waals surface area contributed by atoms with E-state index in [0.29, 0.717) is 5.69 Å². The molecule has 1 fully saturated rings. The minimum atomic E-state index is -3.68. The van der Waals surface area contributed by atoms with Crippen LogP contribution in [0.1, 0.15) is 29.5 Å². The lowest BCUT2D eigenvalue weighted by atomic mass is 10.0. The molecule has 0 radical (unpaired) electrons. The molecular formula is C25H28N2O2S. The van der Waals surface area contributed by atoms with E-state index < -0.39 is 10.0 Å². The first-order chi connectivity index (χ1) is 14.4. The monoisotopic (exact) mass is 420 g/mol. The SMILES string of the molecule is Cc1cc(C)c(N2CCCC2)c(C)c1NS(=O)(=O)c1ccc(-c2ccccc2)cc1. The molecule has 0 aromatic heterocycles. The molecule has 3 aromatic carbocycles. The maximum absolute atomic E-state index is 13.1. The van der Waals surface area contributed by atoms with Gasteiger partial charge in [0.1, 0.15) is 0 Å². The normalized spacial score (nSPS) is 14.2. The zero-order chi connectivity index (χ0) is 21.3. The van der Waals surface area contributed by atoms with Gasteiger partial charge in [-0.1, -0.05) is 48.5 Å². The van der Waals surface area contributed by atoms with Crippen molar-refractivity contribution in [2.24, 2.45) is 0 Å². The first-order valence-electron chi connectivity index (χ1n) is 10.4. The van der Waals surface area contributed by atoms with E-state index in [4.69, 9.17) is 0 Å². The van der Waals surface area contributed by atoms with Crippen molar-refractivity contribution in [1.29, 1.82) is 0 Å². The van der Waals surface area contributed by atoms with Gasteiger partial charge in [0.2, 0.25) is 0 Å². The maximum Gasteiger partial charge on any atom is 0.261 e. The highest BCUT2D eigenvalue weighted by atomic mass is 32.2. The Bertz CT molecular complexity index is 1150. The lowest BCUT2D eigenvalue weighted by Crippen LogP contribution is -2.22. The van der Waals surface area contributed by atoms with Gasteiger partial charge in [0, 0.05) is 18.8 Å². The zero-order valence-corrected chi connectivity index (χ0v) is 18.6. The lowest BCUT2D eigenvalue weighted by molar-refractivity contribution is 0.601. The predicted molar refractivity (Wildman–Crippen MR) is 125 cm³/mol. The molecule has 5 heteroatoms. The summed E-state index contributed by atoms with van der Waals surface area (Å²) in [7, 11) is -3.68. The third-order valence-corrected chi connectivity index (χ3v) is 7.23. The summed E-state index contributed by atoms with van der Waals surface area (Å²) in [5.41, 5.74) is 7.05. The fourth-order valence-electron chi connectivity index (χ4n) is 4.41. The Hall–Kier alpha value is -2.79. The third kappa shape index (κ3) is 3.94. The van der Waals surface area contributed by atoms with Crippen LogP contribution in [0.15, 0.2) is 65.6 Å². The molecule has 3 aromatic rings. The molecule has 1 N–H and O–H groups in total. The van der Waals surface area contributed by atoms with Gasteiger partial charge in [0.05, 0.1) is 10.6 Å². The van der Waals surface area contributed by atoms with Gasteiger partial charge in [-0.15, -0.1) is 0 Å². The van der Waals surface area contributed by atoms with Crippen LogP contribution < -0.4 is 9.62 Å². The lowest BCUT2D eigenvalue weighted by Gasteiger charge is -2.26. The van der Waals surface area contributed by atoms with E-state index in [0.717, 1.165) is 41.0 Å². The molecule has 0 atom stereocenters. The number of aryl methyl sites for hydroxylation is 2. The summed E-state index contributed by atoms with van der Waals surface area (Å²) in [5.74, 6) is 0. The minimum absolute atomic E-state index is 0.268. The molecule has 0 amide bonds. The average Bonchev–Trinajstić information content (AvgIpc) is 3.26. The Labute approximate surface area is 179 Å². The van der Waals surface area contributed by atoms with Crippen LogP contribution in [-0.4, -0.2) is 21.5 Å². The molecule has 0 aliphatic carbocycles. The number of benzene rings is 3. The minimum Gasteiger partial charge on any atom is -0.371 e. The molecule has 0 unspecified atom stereocenters. The van der Waals surface area contributed by atoms with Gasteiger partial charge in [-0.3, -0.25) is 4.72 Å². The average molecular weight is 421 g/mol. The van der Waals surface area contributed by atoms with E-state index in [1.165, 1.54) is 18.4 Å². The molecule has 1 saturated heterocycles. The molecule has 0 spiro atoms. The van der Waals surface area contributed by atoms with E-state index in [1.54, 1.807) is 12.1 Å². The summed E-state index contributed by atoms with van der Waals surface area (Å²) in [5, 5.41) is 0. The Morgan fingerprint density at radius 3 is 2.03 bits per heavy atom. The molecule has 0 bridgehead atoms. The van der Waals surface area contributed by atoms with Gasteiger partial charge in [0.15, 0.2) is 0 Å². The van der Waals surface area contributed by atoms with E-state index in [1.807, 2.05) is 56.3 Å². The van der Waals surface area contributed by atoms with Crippen molar-refractivity contribution in [3.8, 4) is 11.1 Å². The van der Waals surface area contributed by atoms with Gasteiger partial charge < -0.3 is 4.90 Å². The summed E-state index contributed by atoms with van der Waals surface area (Å²) in [4.78, 5) is 2.64. The molecule has 4 rings (SSSR count). The van der Waals surface area contributed by atoms with E-state index in [2.05, 4.69) is 22.6 Å². The van der Waals surface area contributed by atoms with Gasteiger partial charge in [-0.05, 0) is 73.6 Å². The van der Waals surface area contributed by atoms with Gasteiger partial charge >= 0.3 is 0 Å². The Morgan fingerprint density at radius 1 is 0.800 bits per heavy atom. The number of hydrogen-bond donors (Lipinski definition) is 1. The smallest absolute Gasteiger partial charge is 0.261 e. The second-order valence-electron chi connectivity index (χ2n) is 8.05. The van der Waals surface area contributed by atoms with Gasteiger partial charge in [-0.25, -0.2) is 8.42 Å². The largest absolute Gasteiger partial charge is 0.371 e. The second-order valence-corrected chi connectivity index (χ2v) is 9.73. The number of rotatable bonds is 5. The summed E-state index contributed by atoms with van der Waals surface area (Å²) in [6.45, 7) is 8.14. The summed E-state index contributed by atoms with van der Waals surface area (Å²) >= 11 is 0. The van der Waals surface area contributed by atoms with Crippen molar-refractivity contribution < 1.29 is 8.42 Å². The first kappa shape index (κ1) is 20.5. The number of nitrogens with one attached hydrogen (secondary N) is 1. The summed E-state index contributed by atoms with van der Waals surface area (Å²) in [6.07, 6.45) is 2.36. The van der Waals surface area contributed by atoms with Crippen LogP contribution in [0.4, 0.5) is 11.4 Å². The molecule has 1 aliphatic rings. The molecule has 0 saturated carbocycles. The Morgan fingerprint density at radius 2 is 1.40 bits per heavy atom. The van der Waals surface area contributed by atoms with E-state index in [-0.39, 0.29) is 4.90 Å². The molecule has 1 heterocycles. The van der Waals surface area contributed by atoms with E-state index in [9.17, 15) is 8.42 Å². The van der Waals surface area contributed by atoms with Crippen molar-refractivity contribution >= 4 is 21.4 Å². The number of nitrogens with zero attached hydrogens (tertiary/aromatic N) is 1. The van der Waals surface area contributed by atoms with Crippen LogP contribution in [0.5, 0.6) is 0 Å². The molecule has 156 valence electrons. The van der Waals surface area contributed by atoms with E-state index >= 15 is 0 Å². The molecule has 4 nitrogen and oxygen atoms in total. The topological polar surface area (TPSA) is 49.4 Å². The fraction of sp³-hybridized carbons (Fsp3) is 0.280. The standard InChI is InChI=1S/C25H28N2O2S/c1-18-17-19(2)25(27-15-7-8-16-27)20(3)24(18)26-30(28,29)23-13-11-22(12-14-23)21-9-5-4-6-10-21/h4-6,9-14,17,26H,7-8,15-16H2,1-3H3. The predicted octanol–water partition coefficient (Wildman–Crippen LogP) is 5.68. The molecule has 30 heavy (non-hydrogen) atoms. The zero-order valence-electron chi connectivity index (χ0n) is 17.8. The fourth-order valence-corrected chi connectivity index (χ4v) is 5.61. The third-order valence-electron chi connectivity index (χ3n) is 5.86. The quantitative estimate of drug-likeness (QED) is 0.578. The van der Waals surface area contributed by atoms with Crippen LogP contribution in [-0.2, 0) is 10.0 Å². The van der Waals surface area contributed by atoms with Crippen molar-refractivity contribution in [2.45, 2.75) is 38.5 Å².